The zero-order chi connectivity index (χ0) is 19.0. The summed E-state index contributed by atoms with van der Waals surface area (Å²) in [7, 11) is 1.50. The number of hydrogen-bond acceptors (Lipinski definition) is 4. The van der Waals surface area contributed by atoms with E-state index in [9.17, 15) is 14.4 Å². The van der Waals surface area contributed by atoms with Crippen LogP contribution < -0.4 is 5.32 Å². The van der Waals surface area contributed by atoms with Crippen LogP contribution in [0.4, 0.5) is 0 Å². The molecule has 2 amide bonds. The Bertz CT molecular complexity index is 642. The molecule has 1 spiro atoms. The molecule has 25 heavy (non-hydrogen) atoms. The monoisotopic (exact) mass is 348 g/mol. The number of ether oxygens (including phenoxy) is 1. The minimum absolute atomic E-state index is 0.0365. The molecule has 2 atom stereocenters. The van der Waals surface area contributed by atoms with E-state index in [1.54, 1.807) is 11.0 Å². The van der Waals surface area contributed by atoms with Gasteiger partial charge >= 0.3 is 0 Å². The fourth-order valence-electron chi connectivity index (χ4n) is 3.50. The van der Waals surface area contributed by atoms with Crippen LogP contribution in [0.15, 0.2) is 24.0 Å². The van der Waals surface area contributed by atoms with Crippen molar-refractivity contribution >= 4 is 17.6 Å². The van der Waals surface area contributed by atoms with Gasteiger partial charge in [-0.2, -0.15) is 0 Å². The SMILES string of the molecule is COC1=CC(=O)C=CC12CC(=O)N(C(C(=O)NC(C)(C)C)C(C)C)C2. The number of allylic oxidation sites excluding steroid dienone is 2. The maximum Gasteiger partial charge on any atom is 0.243 e. The third kappa shape index (κ3) is 3.94. The molecule has 0 aromatic carbocycles. The number of rotatable bonds is 4. The summed E-state index contributed by atoms with van der Waals surface area (Å²) in [6.07, 6.45) is 4.84. The van der Waals surface area contributed by atoms with Crippen molar-refractivity contribution < 1.29 is 19.1 Å². The Balaban J connectivity index is 2.31. The van der Waals surface area contributed by atoms with Crippen molar-refractivity contribution in [3.05, 3.63) is 24.0 Å². The highest BCUT2D eigenvalue weighted by Crippen LogP contribution is 2.43. The lowest BCUT2D eigenvalue weighted by Gasteiger charge is -2.35. The molecule has 1 aliphatic carbocycles. The van der Waals surface area contributed by atoms with Gasteiger partial charge in [0.15, 0.2) is 5.78 Å². The van der Waals surface area contributed by atoms with E-state index in [2.05, 4.69) is 5.32 Å². The standard InChI is InChI=1S/C19H28N2O4/c1-12(2)16(17(24)20-18(3,4)5)21-11-19(10-15(21)23)8-7-13(22)9-14(19)25-6/h7-9,12,16H,10-11H2,1-6H3,(H,20,24). The molecule has 0 aromatic rings. The summed E-state index contributed by atoms with van der Waals surface area (Å²) in [5.74, 6) is 0.0240. The highest BCUT2D eigenvalue weighted by Gasteiger charge is 2.50. The van der Waals surface area contributed by atoms with Crippen LogP contribution in [0.25, 0.3) is 0 Å². The van der Waals surface area contributed by atoms with E-state index >= 15 is 0 Å². The Morgan fingerprint density at radius 3 is 2.48 bits per heavy atom. The zero-order valence-corrected chi connectivity index (χ0v) is 15.9. The van der Waals surface area contributed by atoms with Crippen LogP contribution in [-0.2, 0) is 19.1 Å². The highest BCUT2D eigenvalue weighted by molar-refractivity contribution is 6.01. The van der Waals surface area contributed by atoms with Crippen molar-refractivity contribution in [2.75, 3.05) is 13.7 Å². The van der Waals surface area contributed by atoms with E-state index < -0.39 is 11.5 Å². The molecule has 1 aliphatic heterocycles. The molecular formula is C19H28N2O4. The van der Waals surface area contributed by atoms with Gasteiger partial charge < -0.3 is 15.0 Å². The first-order valence-electron chi connectivity index (χ1n) is 8.60. The number of ketones is 1. The summed E-state index contributed by atoms with van der Waals surface area (Å²) in [5, 5.41) is 2.97. The summed E-state index contributed by atoms with van der Waals surface area (Å²) in [5.41, 5.74) is -1.05. The van der Waals surface area contributed by atoms with Crippen molar-refractivity contribution in [1.29, 1.82) is 0 Å². The average Bonchev–Trinajstić information content (AvgIpc) is 2.77. The number of hydrogen-bond donors (Lipinski definition) is 1. The van der Waals surface area contributed by atoms with Gasteiger partial charge in [0, 0.05) is 24.6 Å². The van der Waals surface area contributed by atoms with Crippen LogP contribution in [0, 0.1) is 11.3 Å². The summed E-state index contributed by atoms with van der Waals surface area (Å²) in [6, 6.07) is -0.560. The van der Waals surface area contributed by atoms with Crippen LogP contribution >= 0.6 is 0 Å². The largest absolute Gasteiger partial charge is 0.500 e. The van der Waals surface area contributed by atoms with Crippen LogP contribution in [0.5, 0.6) is 0 Å². The van der Waals surface area contributed by atoms with Crippen molar-refractivity contribution in [2.24, 2.45) is 11.3 Å². The lowest BCUT2D eigenvalue weighted by atomic mass is 9.81. The molecule has 6 nitrogen and oxygen atoms in total. The molecule has 1 fully saturated rings. The number of nitrogens with zero attached hydrogens (tertiary/aromatic N) is 1. The van der Waals surface area contributed by atoms with Gasteiger partial charge in [0.1, 0.15) is 11.8 Å². The molecule has 1 heterocycles. The molecule has 0 saturated carbocycles. The Morgan fingerprint density at radius 2 is 1.96 bits per heavy atom. The average molecular weight is 348 g/mol. The minimum Gasteiger partial charge on any atom is -0.500 e. The minimum atomic E-state index is -0.672. The van der Waals surface area contributed by atoms with E-state index in [4.69, 9.17) is 4.74 Å². The molecule has 2 rings (SSSR count). The van der Waals surface area contributed by atoms with Crippen LogP contribution in [-0.4, -0.2) is 47.7 Å². The smallest absolute Gasteiger partial charge is 0.243 e. The maximum absolute atomic E-state index is 12.8. The van der Waals surface area contributed by atoms with Crippen molar-refractivity contribution in [3.8, 4) is 0 Å². The van der Waals surface area contributed by atoms with E-state index in [0.29, 0.717) is 12.3 Å². The molecular weight excluding hydrogens is 320 g/mol. The topological polar surface area (TPSA) is 75.7 Å². The van der Waals surface area contributed by atoms with Crippen molar-refractivity contribution in [2.45, 2.75) is 52.6 Å². The van der Waals surface area contributed by atoms with E-state index in [0.717, 1.165) is 0 Å². The lowest BCUT2D eigenvalue weighted by molar-refractivity contribution is -0.139. The quantitative estimate of drug-likeness (QED) is 0.841. The normalized spacial score (nSPS) is 24.8. The van der Waals surface area contributed by atoms with Gasteiger partial charge in [0.2, 0.25) is 11.8 Å². The van der Waals surface area contributed by atoms with E-state index in [1.165, 1.54) is 19.3 Å². The number of carbonyl (C=O) groups excluding carboxylic acids is 3. The first kappa shape index (κ1) is 19.2. The molecule has 0 bridgehead atoms. The lowest BCUT2D eigenvalue weighted by Crippen LogP contribution is -2.55. The molecule has 1 saturated heterocycles. The Hall–Kier alpha value is -2.11. The number of nitrogens with one attached hydrogen (secondary N) is 1. The molecule has 2 unspecified atom stereocenters. The second-order valence-electron chi connectivity index (χ2n) is 8.23. The van der Waals surface area contributed by atoms with E-state index in [-0.39, 0.29) is 35.5 Å². The zero-order valence-electron chi connectivity index (χ0n) is 15.9. The van der Waals surface area contributed by atoms with Gasteiger partial charge in [-0.25, -0.2) is 0 Å². The van der Waals surface area contributed by atoms with Crippen LogP contribution in [0.1, 0.15) is 41.0 Å². The molecule has 2 aliphatic rings. The van der Waals surface area contributed by atoms with Crippen molar-refractivity contribution in [3.63, 3.8) is 0 Å². The highest BCUT2D eigenvalue weighted by atomic mass is 16.5. The molecule has 138 valence electrons. The van der Waals surface area contributed by atoms with E-state index in [1.807, 2.05) is 34.6 Å². The molecule has 6 heteroatoms. The second kappa shape index (κ2) is 6.65. The molecule has 0 radical (unpaired) electrons. The van der Waals surface area contributed by atoms with Crippen molar-refractivity contribution in [1.82, 2.24) is 10.2 Å². The first-order valence-corrected chi connectivity index (χ1v) is 8.60. The maximum atomic E-state index is 12.8. The summed E-state index contributed by atoms with van der Waals surface area (Å²) >= 11 is 0. The number of methoxy groups -OCH3 is 1. The predicted octanol–water partition coefficient (Wildman–Crippen LogP) is 1.81. The summed E-state index contributed by atoms with van der Waals surface area (Å²) < 4.78 is 5.39. The number of carbonyl (C=O) groups is 3. The van der Waals surface area contributed by atoms with Gasteiger partial charge in [0.05, 0.1) is 12.5 Å². The van der Waals surface area contributed by atoms with Crippen LogP contribution in [0.3, 0.4) is 0 Å². The third-order valence-electron chi connectivity index (χ3n) is 4.52. The Morgan fingerprint density at radius 1 is 1.32 bits per heavy atom. The number of amides is 2. The first-order chi connectivity index (χ1) is 11.5. The van der Waals surface area contributed by atoms with Gasteiger partial charge in [0.25, 0.3) is 0 Å². The Kier molecular flexibility index (Phi) is 5.11. The third-order valence-corrected chi connectivity index (χ3v) is 4.52. The van der Waals surface area contributed by atoms with Gasteiger partial charge in [-0.3, -0.25) is 14.4 Å². The summed E-state index contributed by atoms with van der Waals surface area (Å²) in [6.45, 7) is 9.93. The Labute approximate surface area is 149 Å². The molecule has 1 N–H and O–H groups in total. The second-order valence-corrected chi connectivity index (χ2v) is 8.23. The molecule has 0 aromatic heterocycles. The predicted molar refractivity (Wildman–Crippen MR) is 94.5 cm³/mol. The van der Waals surface area contributed by atoms with Crippen LogP contribution in [0.2, 0.25) is 0 Å². The van der Waals surface area contributed by atoms with Gasteiger partial charge in [-0.1, -0.05) is 19.9 Å². The number of likely N-dealkylation sites (tertiary alicyclic amines) is 1. The fraction of sp³-hybridized carbons (Fsp3) is 0.632. The fourth-order valence-corrected chi connectivity index (χ4v) is 3.50. The van der Waals surface area contributed by atoms with Gasteiger partial charge in [-0.15, -0.1) is 0 Å². The van der Waals surface area contributed by atoms with Gasteiger partial charge in [-0.05, 0) is 32.8 Å². The summed E-state index contributed by atoms with van der Waals surface area (Å²) in [4.78, 5) is 38.8.